The van der Waals surface area contributed by atoms with Gasteiger partial charge in [-0.3, -0.25) is 0 Å². The number of ether oxygens (including phenoxy) is 2. The van der Waals surface area contributed by atoms with Crippen LogP contribution < -0.4 is 4.74 Å². The minimum Gasteiger partial charge on any atom is -0.494 e. The Bertz CT molecular complexity index is 1110. The molecule has 4 nitrogen and oxygen atoms in total. The summed E-state index contributed by atoms with van der Waals surface area (Å²) in [4.78, 5) is 14.2. The molecule has 0 bridgehead atoms. The zero-order valence-corrected chi connectivity index (χ0v) is 20.5. The Morgan fingerprint density at radius 3 is 1.86 bits per heavy atom. The van der Waals surface area contributed by atoms with Crippen LogP contribution in [0.15, 0.2) is 78.4 Å². The summed E-state index contributed by atoms with van der Waals surface area (Å²) in [6.45, 7) is 5.51. The number of nitrogens with zero attached hydrogens (tertiary/aromatic N) is 1. The van der Waals surface area contributed by atoms with E-state index in [-0.39, 0.29) is 17.6 Å². The van der Waals surface area contributed by atoms with E-state index in [9.17, 15) is 13.6 Å². The highest BCUT2D eigenvalue weighted by molar-refractivity contribution is 5.89. The molecule has 3 aromatic carbocycles. The summed E-state index contributed by atoms with van der Waals surface area (Å²) < 4.78 is 37.9. The largest absolute Gasteiger partial charge is 0.494 e. The molecule has 6 heteroatoms. The van der Waals surface area contributed by atoms with Crippen molar-refractivity contribution in [2.24, 2.45) is 0 Å². The van der Waals surface area contributed by atoms with Gasteiger partial charge in [-0.1, -0.05) is 29.8 Å². The predicted octanol–water partition coefficient (Wildman–Crippen LogP) is 6.51. The van der Waals surface area contributed by atoms with E-state index in [0.717, 1.165) is 61.3 Å². The SMILES string of the molecule is CCOC(=O)c1ccc(OCCCN2CCC(=C(c3ccc(F)cc3)c3ccc(F)cc3)CC2)cc1. The molecule has 4 rings (SSSR count). The molecular formula is C30H31F2NO3. The topological polar surface area (TPSA) is 38.8 Å². The van der Waals surface area contributed by atoms with Gasteiger partial charge in [0.2, 0.25) is 0 Å². The van der Waals surface area contributed by atoms with Gasteiger partial charge in [0.15, 0.2) is 0 Å². The molecule has 1 heterocycles. The van der Waals surface area contributed by atoms with Gasteiger partial charge in [-0.15, -0.1) is 0 Å². The van der Waals surface area contributed by atoms with Gasteiger partial charge in [-0.25, -0.2) is 13.6 Å². The van der Waals surface area contributed by atoms with E-state index in [1.165, 1.54) is 29.8 Å². The van der Waals surface area contributed by atoms with Crippen LogP contribution >= 0.6 is 0 Å². The number of piperidine rings is 1. The number of benzene rings is 3. The lowest BCUT2D eigenvalue weighted by Gasteiger charge is -2.30. The van der Waals surface area contributed by atoms with Crippen LogP contribution in [0.1, 0.15) is 47.7 Å². The van der Waals surface area contributed by atoms with Crippen molar-refractivity contribution in [3.8, 4) is 5.75 Å². The van der Waals surface area contributed by atoms with Gasteiger partial charge in [0, 0.05) is 19.6 Å². The molecule has 1 aliphatic rings. The van der Waals surface area contributed by atoms with Crippen LogP contribution in [0.3, 0.4) is 0 Å². The van der Waals surface area contributed by atoms with E-state index < -0.39 is 0 Å². The number of likely N-dealkylation sites (tertiary alicyclic amines) is 1. The van der Waals surface area contributed by atoms with E-state index in [1.54, 1.807) is 55.5 Å². The van der Waals surface area contributed by atoms with Crippen LogP contribution in [-0.2, 0) is 4.74 Å². The highest BCUT2D eigenvalue weighted by Crippen LogP contribution is 2.32. The van der Waals surface area contributed by atoms with Crippen LogP contribution in [0, 0.1) is 11.6 Å². The molecule has 0 radical (unpaired) electrons. The zero-order chi connectivity index (χ0) is 25.3. The molecular weight excluding hydrogens is 460 g/mol. The van der Waals surface area contributed by atoms with Gasteiger partial charge in [0.05, 0.1) is 18.8 Å². The Balaban J connectivity index is 1.31. The summed E-state index contributed by atoms with van der Waals surface area (Å²) in [5, 5.41) is 0. The third kappa shape index (κ3) is 6.79. The van der Waals surface area contributed by atoms with Crippen LogP contribution in [0.4, 0.5) is 8.78 Å². The minimum atomic E-state index is -0.329. The predicted molar refractivity (Wildman–Crippen MR) is 137 cm³/mol. The normalized spacial score (nSPS) is 13.9. The number of halogens is 2. The van der Waals surface area contributed by atoms with Crippen molar-refractivity contribution < 1.29 is 23.0 Å². The molecule has 0 atom stereocenters. The van der Waals surface area contributed by atoms with Gasteiger partial charge in [-0.2, -0.15) is 0 Å². The van der Waals surface area contributed by atoms with Crippen molar-refractivity contribution in [1.82, 2.24) is 4.90 Å². The number of hydrogen-bond donors (Lipinski definition) is 0. The minimum absolute atomic E-state index is 0.269. The first-order valence-corrected chi connectivity index (χ1v) is 12.4. The molecule has 0 spiro atoms. The molecule has 0 amide bonds. The lowest BCUT2D eigenvalue weighted by Crippen LogP contribution is -2.32. The first kappa shape index (κ1) is 25.6. The summed E-state index contributed by atoms with van der Waals surface area (Å²) in [5.41, 5.74) is 4.80. The third-order valence-corrected chi connectivity index (χ3v) is 6.33. The van der Waals surface area contributed by atoms with E-state index in [0.29, 0.717) is 18.8 Å². The van der Waals surface area contributed by atoms with Gasteiger partial charge in [0.1, 0.15) is 17.4 Å². The summed E-state index contributed by atoms with van der Waals surface area (Å²) in [7, 11) is 0. The average molecular weight is 492 g/mol. The molecule has 1 fully saturated rings. The van der Waals surface area contributed by atoms with Gasteiger partial charge < -0.3 is 14.4 Å². The number of rotatable bonds is 9. The number of carbonyl (C=O) groups is 1. The molecule has 188 valence electrons. The molecule has 1 aliphatic heterocycles. The molecule has 0 aromatic heterocycles. The fraction of sp³-hybridized carbons (Fsp3) is 0.300. The second kappa shape index (κ2) is 12.5. The lowest BCUT2D eigenvalue weighted by atomic mass is 9.88. The van der Waals surface area contributed by atoms with Crippen molar-refractivity contribution in [3.63, 3.8) is 0 Å². The quantitative estimate of drug-likeness (QED) is 0.253. The van der Waals surface area contributed by atoms with Gasteiger partial charge in [0.25, 0.3) is 0 Å². The first-order chi connectivity index (χ1) is 17.5. The number of esters is 1. The molecule has 0 saturated carbocycles. The summed E-state index contributed by atoms with van der Waals surface area (Å²) in [6, 6.07) is 20.1. The maximum absolute atomic E-state index is 13.5. The van der Waals surface area contributed by atoms with E-state index >= 15 is 0 Å². The Morgan fingerprint density at radius 2 is 1.33 bits per heavy atom. The fourth-order valence-corrected chi connectivity index (χ4v) is 4.48. The lowest BCUT2D eigenvalue weighted by molar-refractivity contribution is 0.0526. The molecule has 0 unspecified atom stereocenters. The highest BCUT2D eigenvalue weighted by atomic mass is 19.1. The van der Waals surface area contributed by atoms with E-state index in [2.05, 4.69) is 4.90 Å². The smallest absolute Gasteiger partial charge is 0.338 e. The van der Waals surface area contributed by atoms with Crippen molar-refractivity contribution in [3.05, 3.63) is 107 Å². The van der Waals surface area contributed by atoms with E-state index in [4.69, 9.17) is 9.47 Å². The van der Waals surface area contributed by atoms with Crippen LogP contribution in [0.2, 0.25) is 0 Å². The van der Waals surface area contributed by atoms with E-state index in [1.807, 2.05) is 0 Å². The summed E-state index contributed by atoms with van der Waals surface area (Å²) >= 11 is 0. The standard InChI is InChI=1S/C30H31F2NO3/c1-2-35-30(34)25-8-14-28(15-9-25)36-21-3-18-33-19-16-24(17-20-33)29(22-4-10-26(31)11-5-22)23-6-12-27(32)13-7-23/h4-15H,2-3,16-21H2,1H3. The zero-order valence-electron chi connectivity index (χ0n) is 20.5. The van der Waals surface area contributed by atoms with Crippen molar-refractivity contribution in [1.29, 1.82) is 0 Å². The van der Waals surface area contributed by atoms with Crippen LogP contribution in [0.25, 0.3) is 5.57 Å². The molecule has 0 N–H and O–H groups in total. The number of carbonyl (C=O) groups excluding carboxylic acids is 1. The highest BCUT2D eigenvalue weighted by Gasteiger charge is 2.19. The Hall–Kier alpha value is -3.51. The monoisotopic (exact) mass is 491 g/mol. The van der Waals surface area contributed by atoms with Gasteiger partial charge in [-0.05, 0) is 91.4 Å². The second-order valence-corrected chi connectivity index (χ2v) is 8.78. The third-order valence-electron chi connectivity index (χ3n) is 6.33. The maximum atomic E-state index is 13.5. The Morgan fingerprint density at radius 1 is 0.806 bits per heavy atom. The maximum Gasteiger partial charge on any atom is 0.338 e. The van der Waals surface area contributed by atoms with Crippen LogP contribution in [-0.4, -0.2) is 43.7 Å². The van der Waals surface area contributed by atoms with Crippen LogP contribution in [0.5, 0.6) is 5.75 Å². The fourth-order valence-electron chi connectivity index (χ4n) is 4.48. The molecule has 36 heavy (non-hydrogen) atoms. The molecule has 0 aliphatic carbocycles. The Labute approximate surface area is 211 Å². The second-order valence-electron chi connectivity index (χ2n) is 8.78. The van der Waals surface area contributed by atoms with Gasteiger partial charge >= 0.3 is 5.97 Å². The summed E-state index contributed by atoms with van der Waals surface area (Å²) in [5.74, 6) is -0.136. The number of hydrogen-bond acceptors (Lipinski definition) is 4. The Kier molecular flexibility index (Phi) is 8.85. The molecule has 1 saturated heterocycles. The van der Waals surface area contributed by atoms with Crippen molar-refractivity contribution in [2.75, 3.05) is 32.8 Å². The van der Waals surface area contributed by atoms with Crippen molar-refractivity contribution in [2.45, 2.75) is 26.2 Å². The molecule has 3 aromatic rings. The summed E-state index contributed by atoms with van der Waals surface area (Å²) in [6.07, 6.45) is 2.70. The van der Waals surface area contributed by atoms with Crippen molar-refractivity contribution >= 4 is 11.5 Å². The first-order valence-electron chi connectivity index (χ1n) is 12.4. The average Bonchev–Trinajstić information content (AvgIpc) is 2.90.